The van der Waals surface area contributed by atoms with Crippen LogP contribution in [-0.4, -0.2) is 52.3 Å². The minimum absolute atomic E-state index is 0.212. The molecule has 2 heterocycles. The van der Waals surface area contributed by atoms with Gasteiger partial charge in [-0.1, -0.05) is 60.2 Å². The molecule has 7 heteroatoms. The minimum Gasteiger partial charge on any atom is -0.383 e. The molecule has 0 saturated heterocycles. The average molecular weight is 433 g/mol. The van der Waals surface area contributed by atoms with Gasteiger partial charge in [0.1, 0.15) is 11.2 Å². The van der Waals surface area contributed by atoms with E-state index in [0.717, 1.165) is 16.7 Å². The molecule has 0 bridgehead atoms. The van der Waals surface area contributed by atoms with Crippen LogP contribution in [0.1, 0.15) is 28.5 Å². The number of hydrogen-bond donors (Lipinski definition) is 1. The van der Waals surface area contributed by atoms with Crippen LogP contribution in [0.3, 0.4) is 0 Å². The summed E-state index contributed by atoms with van der Waals surface area (Å²) in [7, 11) is 1.59. The standard InChI is InChI=1S/C25H28N4O3/c1-18-9-11-19(12-10-18)16-28-23(30)22-15-21(20-7-5-4-6-8-20)27-29(22)17-25(28,2)24(31)26-13-14-32-3/h4-12,15H,13-14,16-17H2,1-3H3,(H,26,31)/t25-/m0/s1. The number of nitrogens with one attached hydrogen (secondary N) is 1. The second-order valence-electron chi connectivity index (χ2n) is 8.34. The van der Waals surface area contributed by atoms with Crippen molar-refractivity contribution in [2.24, 2.45) is 0 Å². The smallest absolute Gasteiger partial charge is 0.273 e. The van der Waals surface area contributed by atoms with Gasteiger partial charge in [0.2, 0.25) is 5.91 Å². The minimum atomic E-state index is -1.09. The molecule has 1 aromatic heterocycles. The SMILES string of the molecule is COCCNC(=O)[C@]1(C)Cn2nc(-c3ccccc3)cc2C(=O)N1Cc1ccc(C)cc1. The van der Waals surface area contributed by atoms with Gasteiger partial charge in [-0.2, -0.15) is 5.10 Å². The summed E-state index contributed by atoms with van der Waals surface area (Å²) < 4.78 is 6.72. The molecule has 2 amide bonds. The largest absolute Gasteiger partial charge is 0.383 e. The van der Waals surface area contributed by atoms with Crippen LogP contribution in [0.4, 0.5) is 0 Å². The molecule has 0 fully saturated rings. The van der Waals surface area contributed by atoms with Gasteiger partial charge >= 0.3 is 0 Å². The van der Waals surface area contributed by atoms with Gasteiger partial charge in [0, 0.05) is 25.8 Å². The first-order valence-electron chi connectivity index (χ1n) is 10.7. The topological polar surface area (TPSA) is 76.5 Å². The van der Waals surface area contributed by atoms with Crippen LogP contribution in [0, 0.1) is 6.92 Å². The Morgan fingerprint density at radius 2 is 1.88 bits per heavy atom. The lowest BCUT2D eigenvalue weighted by Gasteiger charge is -2.43. The fraction of sp³-hybridized carbons (Fsp3) is 0.320. The van der Waals surface area contributed by atoms with Crippen LogP contribution in [0.25, 0.3) is 11.3 Å². The number of aryl methyl sites for hydroxylation is 1. The highest BCUT2D eigenvalue weighted by molar-refractivity contribution is 6.00. The molecule has 0 saturated carbocycles. The number of amides is 2. The van der Waals surface area contributed by atoms with E-state index < -0.39 is 5.54 Å². The molecule has 0 radical (unpaired) electrons. The second-order valence-corrected chi connectivity index (χ2v) is 8.34. The summed E-state index contributed by atoms with van der Waals surface area (Å²) in [6.07, 6.45) is 0. The lowest BCUT2D eigenvalue weighted by Crippen LogP contribution is -2.63. The van der Waals surface area contributed by atoms with Crippen LogP contribution in [-0.2, 0) is 22.6 Å². The Kier molecular flexibility index (Phi) is 6.10. The Hall–Kier alpha value is -3.45. The molecule has 4 rings (SSSR count). The van der Waals surface area contributed by atoms with Crippen molar-refractivity contribution in [1.29, 1.82) is 0 Å². The molecule has 0 aliphatic carbocycles. The van der Waals surface area contributed by atoms with Gasteiger partial charge in [-0.15, -0.1) is 0 Å². The highest BCUT2D eigenvalue weighted by Crippen LogP contribution is 2.31. The van der Waals surface area contributed by atoms with E-state index in [1.165, 1.54) is 0 Å². The third-order valence-electron chi connectivity index (χ3n) is 5.91. The number of carbonyl (C=O) groups is 2. The van der Waals surface area contributed by atoms with Gasteiger partial charge in [-0.05, 0) is 25.5 Å². The van der Waals surface area contributed by atoms with E-state index in [0.29, 0.717) is 31.1 Å². The predicted molar refractivity (Wildman–Crippen MR) is 122 cm³/mol. The Labute approximate surface area is 188 Å². The Balaban J connectivity index is 1.71. The first kappa shape index (κ1) is 21.8. The van der Waals surface area contributed by atoms with Crippen molar-refractivity contribution < 1.29 is 14.3 Å². The van der Waals surface area contributed by atoms with Crippen molar-refractivity contribution in [2.75, 3.05) is 20.3 Å². The van der Waals surface area contributed by atoms with Crippen molar-refractivity contribution >= 4 is 11.8 Å². The monoisotopic (exact) mass is 432 g/mol. The molecule has 1 N–H and O–H groups in total. The summed E-state index contributed by atoms with van der Waals surface area (Å²) in [5, 5.41) is 7.57. The second kappa shape index (κ2) is 8.96. The zero-order valence-electron chi connectivity index (χ0n) is 18.7. The zero-order valence-corrected chi connectivity index (χ0v) is 18.7. The Morgan fingerprint density at radius 3 is 2.56 bits per heavy atom. The average Bonchev–Trinajstić information content (AvgIpc) is 3.22. The summed E-state index contributed by atoms with van der Waals surface area (Å²) in [5.74, 6) is -0.437. The van der Waals surface area contributed by atoms with Crippen molar-refractivity contribution in [1.82, 2.24) is 20.0 Å². The third kappa shape index (κ3) is 4.16. The molecule has 7 nitrogen and oxygen atoms in total. The fourth-order valence-corrected chi connectivity index (χ4v) is 3.97. The van der Waals surface area contributed by atoms with Gasteiger partial charge in [0.25, 0.3) is 5.91 Å². The number of carbonyl (C=O) groups excluding carboxylic acids is 2. The molecule has 1 aliphatic heterocycles. The van der Waals surface area contributed by atoms with E-state index in [1.807, 2.05) is 67.6 Å². The lowest BCUT2D eigenvalue weighted by molar-refractivity contribution is -0.133. The Bertz CT molecular complexity index is 1110. The number of aromatic nitrogens is 2. The molecule has 3 aromatic rings. The number of rotatable bonds is 7. The van der Waals surface area contributed by atoms with Gasteiger partial charge in [0.05, 0.1) is 18.8 Å². The fourth-order valence-electron chi connectivity index (χ4n) is 3.97. The number of ether oxygens (including phenoxy) is 1. The summed E-state index contributed by atoms with van der Waals surface area (Å²) in [4.78, 5) is 28.6. The van der Waals surface area contributed by atoms with E-state index in [9.17, 15) is 9.59 Å². The quantitative estimate of drug-likeness (QED) is 0.583. The molecule has 166 valence electrons. The van der Waals surface area contributed by atoms with Crippen LogP contribution < -0.4 is 5.32 Å². The summed E-state index contributed by atoms with van der Waals surface area (Å²) in [5.41, 5.74) is 3.15. The van der Waals surface area contributed by atoms with Gasteiger partial charge in [-0.3, -0.25) is 14.3 Å². The molecule has 32 heavy (non-hydrogen) atoms. The summed E-state index contributed by atoms with van der Waals surface area (Å²) in [6, 6.07) is 19.5. The van der Waals surface area contributed by atoms with E-state index in [2.05, 4.69) is 10.4 Å². The van der Waals surface area contributed by atoms with Gasteiger partial charge in [0.15, 0.2) is 0 Å². The predicted octanol–water partition coefficient (Wildman–Crippen LogP) is 3.04. The number of fused-ring (bicyclic) bond motifs is 1. The number of hydrogen-bond acceptors (Lipinski definition) is 4. The molecule has 1 atom stereocenters. The molecular weight excluding hydrogens is 404 g/mol. The first-order chi connectivity index (χ1) is 15.4. The van der Waals surface area contributed by atoms with E-state index in [-0.39, 0.29) is 18.4 Å². The number of methoxy groups -OCH3 is 1. The Morgan fingerprint density at radius 1 is 1.16 bits per heavy atom. The maximum absolute atomic E-state index is 13.6. The maximum Gasteiger partial charge on any atom is 0.273 e. The highest BCUT2D eigenvalue weighted by Gasteiger charge is 2.47. The lowest BCUT2D eigenvalue weighted by atomic mass is 9.94. The highest BCUT2D eigenvalue weighted by atomic mass is 16.5. The van der Waals surface area contributed by atoms with Crippen molar-refractivity contribution in [3.8, 4) is 11.3 Å². The molecule has 2 aromatic carbocycles. The normalized spacial score (nSPS) is 17.8. The van der Waals surface area contributed by atoms with E-state index >= 15 is 0 Å². The molecule has 1 aliphatic rings. The van der Waals surface area contributed by atoms with Gasteiger partial charge in [-0.25, -0.2) is 0 Å². The van der Waals surface area contributed by atoms with Crippen LogP contribution in [0.2, 0.25) is 0 Å². The first-order valence-corrected chi connectivity index (χ1v) is 10.7. The zero-order chi connectivity index (χ0) is 22.7. The third-order valence-corrected chi connectivity index (χ3v) is 5.91. The summed E-state index contributed by atoms with van der Waals surface area (Å²) >= 11 is 0. The van der Waals surface area contributed by atoms with E-state index in [1.54, 1.807) is 23.6 Å². The van der Waals surface area contributed by atoms with Crippen LogP contribution >= 0.6 is 0 Å². The van der Waals surface area contributed by atoms with Crippen LogP contribution in [0.15, 0.2) is 60.7 Å². The van der Waals surface area contributed by atoms with Gasteiger partial charge < -0.3 is 15.0 Å². The van der Waals surface area contributed by atoms with E-state index in [4.69, 9.17) is 4.74 Å². The number of nitrogens with zero attached hydrogens (tertiary/aromatic N) is 3. The van der Waals surface area contributed by atoms with Crippen molar-refractivity contribution in [2.45, 2.75) is 32.5 Å². The molecular formula is C25H28N4O3. The van der Waals surface area contributed by atoms with Crippen molar-refractivity contribution in [3.05, 3.63) is 77.5 Å². The van der Waals surface area contributed by atoms with Crippen LogP contribution in [0.5, 0.6) is 0 Å². The van der Waals surface area contributed by atoms with Crippen molar-refractivity contribution in [3.63, 3.8) is 0 Å². The maximum atomic E-state index is 13.6. The number of benzene rings is 2. The summed E-state index contributed by atoms with van der Waals surface area (Å²) in [6.45, 7) is 5.20. The molecule has 0 spiro atoms. The molecule has 0 unspecified atom stereocenters.